The number of halogens is 3. The minimum Gasteiger partial charge on any atom is -0.478 e. The van der Waals surface area contributed by atoms with Gasteiger partial charge in [-0.2, -0.15) is 23.3 Å². The maximum absolute atomic E-state index is 13.5. The fourth-order valence-electron chi connectivity index (χ4n) is 3.03. The number of hydrogen-bond acceptors (Lipinski definition) is 4. The Morgan fingerprint density at radius 1 is 1.03 bits per heavy atom. The van der Waals surface area contributed by atoms with Gasteiger partial charge in [-0.25, -0.2) is 4.79 Å². The van der Waals surface area contributed by atoms with Gasteiger partial charge in [0.15, 0.2) is 5.71 Å². The first kappa shape index (κ1) is 20.1. The van der Waals surface area contributed by atoms with Crippen LogP contribution in [0.4, 0.5) is 18.9 Å². The largest absolute Gasteiger partial charge is 0.478 e. The summed E-state index contributed by atoms with van der Waals surface area (Å²) in [6, 6.07) is 16.5. The topological polar surface area (TPSA) is 83.1 Å². The average molecular weight is 426 g/mol. The highest BCUT2D eigenvalue weighted by atomic mass is 19.4. The first-order valence-electron chi connectivity index (χ1n) is 8.95. The maximum Gasteiger partial charge on any atom is 0.435 e. The summed E-state index contributed by atoms with van der Waals surface area (Å²) in [5, 5.41) is 13.3. The molecule has 1 N–H and O–H groups in total. The predicted molar refractivity (Wildman–Crippen MR) is 106 cm³/mol. The molecule has 6 nitrogen and oxygen atoms in total. The highest BCUT2D eigenvalue weighted by Crippen LogP contribution is 2.33. The number of benzene rings is 2. The van der Waals surface area contributed by atoms with Gasteiger partial charge < -0.3 is 9.52 Å². The van der Waals surface area contributed by atoms with Gasteiger partial charge in [-0.05, 0) is 42.5 Å². The zero-order valence-corrected chi connectivity index (χ0v) is 15.6. The molecule has 0 aliphatic carbocycles. The van der Waals surface area contributed by atoms with E-state index in [2.05, 4.69) is 5.10 Å². The van der Waals surface area contributed by atoms with Crippen LogP contribution >= 0.6 is 0 Å². The first-order chi connectivity index (χ1) is 14.7. The highest BCUT2D eigenvalue weighted by molar-refractivity contribution is 6.34. The normalized spacial score (nSPS) is 15.5. The molecule has 9 heteroatoms. The number of nitrogens with zero attached hydrogens (tertiary/aromatic N) is 2. The quantitative estimate of drug-likeness (QED) is 0.596. The number of hydrogen-bond donors (Lipinski definition) is 1. The van der Waals surface area contributed by atoms with E-state index in [1.807, 2.05) is 0 Å². The van der Waals surface area contributed by atoms with Crippen LogP contribution < -0.4 is 5.01 Å². The van der Waals surface area contributed by atoms with Crippen LogP contribution in [0.3, 0.4) is 0 Å². The lowest BCUT2D eigenvalue weighted by atomic mass is 10.1. The molecule has 1 aromatic heterocycles. The van der Waals surface area contributed by atoms with Crippen LogP contribution in [0.15, 0.2) is 81.8 Å². The number of carboxylic acids is 1. The molecule has 2 heterocycles. The van der Waals surface area contributed by atoms with Crippen molar-refractivity contribution in [2.24, 2.45) is 5.10 Å². The summed E-state index contributed by atoms with van der Waals surface area (Å²) in [6.07, 6.45) is -3.88. The summed E-state index contributed by atoms with van der Waals surface area (Å²) < 4.78 is 46.1. The summed E-state index contributed by atoms with van der Waals surface area (Å²) >= 11 is 0. The molecule has 1 aliphatic heterocycles. The summed E-state index contributed by atoms with van der Waals surface area (Å²) in [6.45, 7) is 0. The van der Waals surface area contributed by atoms with E-state index in [-0.39, 0.29) is 22.8 Å². The smallest absolute Gasteiger partial charge is 0.435 e. The second kappa shape index (κ2) is 7.60. The summed E-state index contributed by atoms with van der Waals surface area (Å²) in [7, 11) is 0. The second-order valence-corrected chi connectivity index (χ2v) is 6.54. The number of carbonyl (C=O) groups is 2. The van der Waals surface area contributed by atoms with Crippen LogP contribution in [0.5, 0.6) is 0 Å². The molecule has 0 bridgehead atoms. The molecule has 3 aromatic rings. The summed E-state index contributed by atoms with van der Waals surface area (Å²) in [4.78, 5) is 23.8. The minimum atomic E-state index is -4.85. The molecule has 0 fully saturated rings. The molecular weight excluding hydrogens is 413 g/mol. The number of amides is 1. The molecule has 0 saturated heterocycles. The lowest BCUT2D eigenvalue weighted by Gasteiger charge is -2.10. The molecule has 31 heavy (non-hydrogen) atoms. The van der Waals surface area contributed by atoms with E-state index in [0.29, 0.717) is 10.6 Å². The number of anilines is 1. The van der Waals surface area contributed by atoms with Gasteiger partial charge in [0, 0.05) is 5.56 Å². The average Bonchev–Trinajstić information content (AvgIpc) is 3.34. The second-order valence-electron chi connectivity index (χ2n) is 6.54. The van der Waals surface area contributed by atoms with Gasteiger partial charge >= 0.3 is 12.1 Å². The molecule has 4 rings (SSSR count). The summed E-state index contributed by atoms with van der Waals surface area (Å²) in [5.74, 6) is -1.83. The van der Waals surface area contributed by atoms with Crippen molar-refractivity contribution >= 4 is 29.4 Å². The lowest BCUT2D eigenvalue weighted by molar-refractivity contribution is -0.114. The monoisotopic (exact) mass is 426 g/mol. The zero-order valence-electron chi connectivity index (χ0n) is 15.6. The van der Waals surface area contributed by atoms with Crippen molar-refractivity contribution in [2.45, 2.75) is 6.18 Å². The van der Waals surface area contributed by atoms with Crippen LogP contribution in [0.1, 0.15) is 16.1 Å². The third-order valence-electron chi connectivity index (χ3n) is 4.45. The SMILES string of the molecule is O=C(O)c1cccc(-c2ccc(/C=C3\C(=O)N(c4ccccc4)N=C3C(F)(F)F)o2)c1. The molecule has 156 valence electrons. The van der Waals surface area contributed by atoms with Crippen LogP contribution in [-0.4, -0.2) is 28.9 Å². The minimum absolute atomic E-state index is 0.00839. The number of furan rings is 1. The van der Waals surface area contributed by atoms with Crippen molar-refractivity contribution in [3.63, 3.8) is 0 Å². The van der Waals surface area contributed by atoms with Crippen molar-refractivity contribution in [2.75, 3.05) is 5.01 Å². The van der Waals surface area contributed by atoms with Crippen LogP contribution in [0.2, 0.25) is 0 Å². The van der Waals surface area contributed by atoms with Gasteiger partial charge in [0.2, 0.25) is 0 Å². The molecule has 2 aromatic carbocycles. The fraction of sp³-hybridized carbons (Fsp3) is 0.0455. The van der Waals surface area contributed by atoms with E-state index in [1.165, 1.54) is 42.5 Å². The summed E-state index contributed by atoms with van der Waals surface area (Å²) in [5.41, 5.74) is -1.32. The van der Waals surface area contributed by atoms with Crippen molar-refractivity contribution in [3.8, 4) is 11.3 Å². The highest BCUT2D eigenvalue weighted by Gasteiger charge is 2.47. The Morgan fingerprint density at radius 2 is 1.77 bits per heavy atom. The van der Waals surface area contributed by atoms with E-state index in [4.69, 9.17) is 9.52 Å². The van der Waals surface area contributed by atoms with Crippen molar-refractivity contribution in [1.82, 2.24) is 0 Å². The molecular formula is C22H13F3N2O4. The molecule has 0 radical (unpaired) electrons. The predicted octanol–water partition coefficient (Wildman–Crippen LogP) is 4.99. The molecule has 1 amide bonds. The van der Waals surface area contributed by atoms with Gasteiger partial charge in [-0.15, -0.1) is 0 Å². The van der Waals surface area contributed by atoms with E-state index in [1.54, 1.807) is 24.3 Å². The van der Waals surface area contributed by atoms with Gasteiger partial charge in [0.05, 0.1) is 16.8 Å². The Labute approximate surface area is 173 Å². The molecule has 0 unspecified atom stereocenters. The van der Waals surface area contributed by atoms with E-state index in [9.17, 15) is 22.8 Å². The van der Waals surface area contributed by atoms with E-state index < -0.39 is 29.3 Å². The third-order valence-corrected chi connectivity index (χ3v) is 4.45. The van der Waals surface area contributed by atoms with Crippen LogP contribution in [0, 0.1) is 0 Å². The molecule has 0 spiro atoms. The number of alkyl halides is 3. The maximum atomic E-state index is 13.5. The van der Waals surface area contributed by atoms with E-state index >= 15 is 0 Å². The fourth-order valence-corrected chi connectivity index (χ4v) is 3.03. The van der Waals surface area contributed by atoms with Gasteiger partial charge in [0.1, 0.15) is 11.5 Å². The number of para-hydroxylation sites is 1. The van der Waals surface area contributed by atoms with Crippen LogP contribution in [0.25, 0.3) is 17.4 Å². The van der Waals surface area contributed by atoms with Gasteiger partial charge in [0.25, 0.3) is 5.91 Å². The van der Waals surface area contributed by atoms with Crippen molar-refractivity contribution in [1.29, 1.82) is 0 Å². The van der Waals surface area contributed by atoms with Gasteiger partial charge in [-0.1, -0.05) is 30.3 Å². The van der Waals surface area contributed by atoms with Gasteiger partial charge in [-0.3, -0.25) is 4.79 Å². The Morgan fingerprint density at radius 3 is 2.45 bits per heavy atom. The first-order valence-corrected chi connectivity index (χ1v) is 8.95. The Hall–Kier alpha value is -4.14. The Balaban J connectivity index is 1.71. The Bertz CT molecular complexity index is 1230. The third kappa shape index (κ3) is 3.97. The number of carbonyl (C=O) groups excluding carboxylic acids is 1. The molecule has 0 atom stereocenters. The van der Waals surface area contributed by atoms with E-state index in [0.717, 1.165) is 6.08 Å². The zero-order chi connectivity index (χ0) is 22.2. The molecule has 1 aliphatic rings. The Kier molecular flexibility index (Phi) is 4.94. The number of carboxylic acid groups (broad SMARTS) is 1. The number of hydrazone groups is 1. The number of rotatable bonds is 4. The van der Waals surface area contributed by atoms with Crippen molar-refractivity contribution in [3.05, 3.63) is 83.6 Å². The number of aromatic carboxylic acids is 1. The standard InChI is InChI=1S/C22H13F3N2O4/c23-22(24,25)19-17(20(28)27(26-19)15-7-2-1-3-8-15)12-16-9-10-18(31-16)13-5-4-6-14(11-13)21(29)30/h1-12H,(H,29,30)/b17-12-. The lowest BCUT2D eigenvalue weighted by Crippen LogP contribution is -2.25. The van der Waals surface area contributed by atoms with Crippen LogP contribution in [-0.2, 0) is 4.79 Å². The van der Waals surface area contributed by atoms with Crippen molar-refractivity contribution < 1.29 is 32.3 Å². The molecule has 0 saturated carbocycles.